The third-order valence-electron chi connectivity index (χ3n) is 2.43. The monoisotopic (exact) mass is 326 g/mol. The van der Waals surface area contributed by atoms with Gasteiger partial charge in [-0.25, -0.2) is 17.6 Å². The molecule has 2 N–H and O–H groups in total. The van der Waals surface area contributed by atoms with E-state index >= 15 is 0 Å². The average molecular weight is 326 g/mol. The van der Waals surface area contributed by atoms with Crippen LogP contribution in [0, 0.1) is 17.1 Å². The number of carboxylic acids is 1. The summed E-state index contributed by atoms with van der Waals surface area (Å²) < 4.78 is 39.2. The van der Waals surface area contributed by atoms with Gasteiger partial charge in [-0.2, -0.15) is 5.26 Å². The van der Waals surface area contributed by atoms with Crippen LogP contribution in [0.3, 0.4) is 0 Å². The minimum Gasteiger partial charge on any atom is -0.478 e. The first kappa shape index (κ1) is 15.0. The number of hydrogen-bond acceptors (Lipinski definition) is 5. The van der Waals surface area contributed by atoms with E-state index in [1.807, 2.05) is 0 Å². The maximum absolute atomic E-state index is 13.2. The number of anilines is 1. The number of nitrogens with zero attached hydrogens (tertiary/aromatic N) is 1. The van der Waals surface area contributed by atoms with Crippen LogP contribution in [-0.2, 0) is 10.0 Å². The van der Waals surface area contributed by atoms with Crippen LogP contribution < -0.4 is 4.72 Å². The molecule has 2 aromatic rings. The fourth-order valence-corrected chi connectivity index (χ4v) is 3.65. The predicted octanol–water partition coefficient (Wildman–Crippen LogP) is 2.26. The number of benzene rings is 1. The molecule has 0 radical (unpaired) electrons. The van der Waals surface area contributed by atoms with Crippen molar-refractivity contribution in [1.29, 1.82) is 5.26 Å². The van der Waals surface area contributed by atoms with E-state index in [2.05, 4.69) is 4.72 Å². The smallest absolute Gasteiger partial charge is 0.336 e. The average Bonchev–Trinajstić information content (AvgIpc) is 2.91. The van der Waals surface area contributed by atoms with Gasteiger partial charge in [0.15, 0.2) is 0 Å². The standard InChI is InChI=1S/C12H7FN2O4S2/c13-10-2-1-9(3-7(10)5-14)15-21(18,19)11-4-8(6-20-11)12(16)17/h1-4,6,15H,(H,16,17). The number of rotatable bonds is 4. The molecule has 1 heterocycles. The van der Waals surface area contributed by atoms with E-state index in [0.717, 1.165) is 29.5 Å². The summed E-state index contributed by atoms with van der Waals surface area (Å²) in [5, 5.41) is 18.7. The van der Waals surface area contributed by atoms with Crippen molar-refractivity contribution in [3.05, 3.63) is 46.6 Å². The van der Waals surface area contributed by atoms with E-state index in [0.29, 0.717) is 0 Å². The zero-order chi connectivity index (χ0) is 15.6. The van der Waals surface area contributed by atoms with Crippen LogP contribution in [0.25, 0.3) is 0 Å². The lowest BCUT2D eigenvalue weighted by Gasteiger charge is -2.06. The Morgan fingerprint density at radius 1 is 1.38 bits per heavy atom. The second kappa shape index (κ2) is 5.51. The number of halogens is 1. The van der Waals surface area contributed by atoms with Crippen LogP contribution in [0.1, 0.15) is 15.9 Å². The summed E-state index contributed by atoms with van der Waals surface area (Å²) in [6.45, 7) is 0. The molecule has 21 heavy (non-hydrogen) atoms. The largest absolute Gasteiger partial charge is 0.478 e. The lowest BCUT2D eigenvalue weighted by Crippen LogP contribution is -2.11. The maximum atomic E-state index is 13.2. The molecule has 0 fully saturated rings. The van der Waals surface area contributed by atoms with Crippen molar-refractivity contribution >= 4 is 33.0 Å². The fourth-order valence-electron chi connectivity index (χ4n) is 1.45. The van der Waals surface area contributed by atoms with Gasteiger partial charge in [0.05, 0.1) is 16.8 Å². The summed E-state index contributed by atoms with van der Waals surface area (Å²) in [5.74, 6) is -1.99. The van der Waals surface area contributed by atoms with E-state index in [-0.39, 0.29) is 21.0 Å². The highest BCUT2D eigenvalue weighted by Gasteiger charge is 2.19. The molecule has 1 aromatic carbocycles. The molecule has 0 aliphatic rings. The van der Waals surface area contributed by atoms with Crippen molar-refractivity contribution in [2.45, 2.75) is 4.21 Å². The van der Waals surface area contributed by atoms with Crippen LogP contribution in [-0.4, -0.2) is 19.5 Å². The van der Waals surface area contributed by atoms with E-state index in [9.17, 15) is 17.6 Å². The Morgan fingerprint density at radius 2 is 2.10 bits per heavy atom. The molecular weight excluding hydrogens is 319 g/mol. The summed E-state index contributed by atoms with van der Waals surface area (Å²) in [7, 11) is -3.99. The van der Waals surface area contributed by atoms with Gasteiger partial charge in [0, 0.05) is 5.38 Å². The van der Waals surface area contributed by atoms with Crippen LogP contribution in [0.5, 0.6) is 0 Å². The SMILES string of the molecule is N#Cc1cc(NS(=O)(=O)c2cc(C(=O)O)cs2)ccc1F. The van der Waals surface area contributed by atoms with E-state index in [4.69, 9.17) is 10.4 Å². The first-order valence-corrected chi connectivity index (χ1v) is 7.74. The number of sulfonamides is 1. The Hall–Kier alpha value is -2.44. The van der Waals surface area contributed by atoms with Crippen molar-refractivity contribution in [3.8, 4) is 6.07 Å². The first-order chi connectivity index (χ1) is 9.83. The van der Waals surface area contributed by atoms with Crippen LogP contribution in [0.15, 0.2) is 33.9 Å². The van der Waals surface area contributed by atoms with Crippen LogP contribution >= 0.6 is 11.3 Å². The van der Waals surface area contributed by atoms with Crippen LogP contribution in [0.2, 0.25) is 0 Å². The van der Waals surface area contributed by atoms with Crippen molar-refractivity contribution in [3.63, 3.8) is 0 Å². The highest BCUT2D eigenvalue weighted by atomic mass is 32.2. The van der Waals surface area contributed by atoms with Gasteiger partial charge in [-0.3, -0.25) is 4.72 Å². The Bertz CT molecular complexity index is 852. The van der Waals surface area contributed by atoms with Crippen molar-refractivity contribution in [2.24, 2.45) is 0 Å². The summed E-state index contributed by atoms with van der Waals surface area (Å²) in [6, 6.07) is 5.80. The molecule has 9 heteroatoms. The molecule has 6 nitrogen and oxygen atoms in total. The highest BCUT2D eigenvalue weighted by molar-refractivity contribution is 7.94. The quantitative estimate of drug-likeness (QED) is 0.896. The van der Waals surface area contributed by atoms with Crippen molar-refractivity contribution in [1.82, 2.24) is 0 Å². The Labute approximate surface area is 123 Å². The molecule has 0 aliphatic carbocycles. The van der Waals surface area contributed by atoms with Gasteiger partial charge in [0.1, 0.15) is 16.1 Å². The summed E-state index contributed by atoms with van der Waals surface area (Å²) in [4.78, 5) is 10.7. The molecule has 0 bridgehead atoms. The third kappa shape index (κ3) is 3.18. The fraction of sp³-hybridized carbons (Fsp3) is 0. The predicted molar refractivity (Wildman–Crippen MR) is 73.2 cm³/mol. The van der Waals surface area contributed by atoms with Crippen molar-refractivity contribution in [2.75, 3.05) is 4.72 Å². The molecule has 0 aliphatic heterocycles. The summed E-state index contributed by atoms with van der Waals surface area (Å²) in [6.07, 6.45) is 0. The van der Waals surface area contributed by atoms with Gasteiger partial charge in [0.2, 0.25) is 0 Å². The van der Waals surface area contributed by atoms with Gasteiger partial charge in [-0.15, -0.1) is 11.3 Å². The summed E-state index contributed by atoms with van der Waals surface area (Å²) in [5.41, 5.74) is -0.428. The maximum Gasteiger partial charge on any atom is 0.336 e. The molecule has 1 aromatic heterocycles. The lowest BCUT2D eigenvalue weighted by molar-refractivity contribution is 0.0697. The van der Waals surface area contributed by atoms with Gasteiger partial charge < -0.3 is 5.11 Å². The number of thiophene rings is 1. The zero-order valence-electron chi connectivity index (χ0n) is 10.2. The molecule has 0 amide bonds. The third-order valence-corrected chi connectivity index (χ3v) is 5.25. The van der Waals surface area contributed by atoms with Crippen molar-refractivity contribution < 1.29 is 22.7 Å². The molecule has 2 rings (SSSR count). The van der Waals surface area contributed by atoms with Gasteiger partial charge in [-0.05, 0) is 24.3 Å². The highest BCUT2D eigenvalue weighted by Crippen LogP contribution is 2.24. The molecule has 0 spiro atoms. The number of nitriles is 1. The van der Waals surface area contributed by atoms with Crippen LogP contribution in [0.4, 0.5) is 10.1 Å². The molecule has 0 saturated carbocycles. The van der Waals surface area contributed by atoms with Gasteiger partial charge >= 0.3 is 5.97 Å². The topological polar surface area (TPSA) is 107 Å². The minimum absolute atomic E-state index is 0.0122. The second-order valence-corrected chi connectivity index (χ2v) is 6.69. The molecule has 0 unspecified atom stereocenters. The number of hydrogen-bond donors (Lipinski definition) is 2. The number of nitrogens with one attached hydrogen (secondary N) is 1. The first-order valence-electron chi connectivity index (χ1n) is 5.38. The van der Waals surface area contributed by atoms with Gasteiger partial charge in [-0.1, -0.05) is 0 Å². The Morgan fingerprint density at radius 3 is 2.67 bits per heavy atom. The normalized spacial score (nSPS) is 10.9. The number of aromatic carboxylic acids is 1. The van der Waals surface area contributed by atoms with E-state index < -0.39 is 21.8 Å². The van der Waals surface area contributed by atoms with E-state index in [1.54, 1.807) is 6.07 Å². The van der Waals surface area contributed by atoms with E-state index in [1.165, 1.54) is 11.4 Å². The minimum atomic E-state index is -3.99. The molecular formula is C12H7FN2O4S2. The zero-order valence-corrected chi connectivity index (χ0v) is 11.8. The lowest BCUT2D eigenvalue weighted by atomic mass is 10.2. The second-order valence-electron chi connectivity index (χ2n) is 3.87. The van der Waals surface area contributed by atoms with Gasteiger partial charge in [0.25, 0.3) is 10.0 Å². The Balaban J connectivity index is 2.33. The molecule has 0 saturated heterocycles. The number of carbonyl (C=O) groups is 1. The Kier molecular flexibility index (Phi) is 3.93. The summed E-state index contributed by atoms with van der Waals surface area (Å²) >= 11 is 0.747. The number of carboxylic acid groups (broad SMARTS) is 1. The molecule has 108 valence electrons. The molecule has 0 atom stereocenters.